The van der Waals surface area contributed by atoms with E-state index in [0.29, 0.717) is 16.1 Å². The minimum absolute atomic E-state index is 0.140. The fourth-order valence-corrected chi connectivity index (χ4v) is 4.54. The Hall–Kier alpha value is -3.11. The number of carbonyl (C=O) groups excluding carboxylic acids is 1. The predicted octanol–water partition coefficient (Wildman–Crippen LogP) is 4.81. The molecule has 0 radical (unpaired) electrons. The molecule has 3 rings (SSSR count). The molecule has 2 N–H and O–H groups in total. The van der Waals surface area contributed by atoms with E-state index in [9.17, 15) is 10.1 Å². The number of hydrogen-bond donors (Lipinski definition) is 2. The van der Waals surface area contributed by atoms with Gasteiger partial charge in [-0.25, -0.2) is 0 Å². The lowest BCUT2D eigenvalue weighted by atomic mass is 10.1. The summed E-state index contributed by atoms with van der Waals surface area (Å²) in [5.41, 5.74) is 2.97. The first-order valence-corrected chi connectivity index (χ1v) is 10.5. The third kappa shape index (κ3) is 3.89. The molecule has 0 atom stereocenters. The van der Waals surface area contributed by atoms with Crippen molar-refractivity contribution in [3.63, 3.8) is 0 Å². The van der Waals surface area contributed by atoms with E-state index in [1.807, 2.05) is 32.0 Å². The number of fused-ring (bicyclic) bond motifs is 1. The summed E-state index contributed by atoms with van der Waals surface area (Å²) < 4.78 is 5.66. The molecule has 0 aliphatic heterocycles. The molecular formula is C22H24N4O2S. The zero-order chi connectivity index (χ0) is 21.1. The molecular weight excluding hydrogens is 384 g/mol. The summed E-state index contributed by atoms with van der Waals surface area (Å²) >= 11 is 1.38. The lowest BCUT2D eigenvalue weighted by Gasteiger charge is -2.21. The number of aryl methyl sites for hydroxylation is 1. The van der Waals surface area contributed by atoms with Crippen LogP contribution in [0.5, 0.6) is 0 Å². The van der Waals surface area contributed by atoms with Crippen LogP contribution in [0.25, 0.3) is 11.0 Å². The van der Waals surface area contributed by atoms with E-state index in [1.54, 1.807) is 6.07 Å². The number of nitrogens with zero attached hydrogens (tertiary/aromatic N) is 2. The number of nitrogens with one attached hydrogen (secondary N) is 2. The molecule has 150 valence electrons. The standard InChI is InChI=1S/C22H24N4O2S/c1-5-16-13(4)29-22(18(16)12-23)25-21(27)17-10-14-8-9-15(26(6-2)7-3)11-19(14)28-20(17)24/h8-11,24H,5-7H2,1-4H3,(H,25,27). The van der Waals surface area contributed by atoms with E-state index in [-0.39, 0.29) is 11.1 Å². The maximum absolute atomic E-state index is 12.8. The van der Waals surface area contributed by atoms with Gasteiger partial charge in [-0.3, -0.25) is 10.2 Å². The van der Waals surface area contributed by atoms with Crippen molar-refractivity contribution in [1.82, 2.24) is 0 Å². The Morgan fingerprint density at radius 3 is 2.62 bits per heavy atom. The molecule has 0 aliphatic carbocycles. The Kier molecular flexibility index (Phi) is 6.04. The van der Waals surface area contributed by atoms with Crippen molar-refractivity contribution in [3.8, 4) is 6.07 Å². The smallest absolute Gasteiger partial charge is 0.261 e. The third-order valence-electron chi connectivity index (χ3n) is 5.03. The number of rotatable bonds is 6. The fourth-order valence-electron chi connectivity index (χ4n) is 3.45. The number of amides is 1. The largest absolute Gasteiger partial charge is 0.438 e. The molecule has 1 aromatic carbocycles. The summed E-state index contributed by atoms with van der Waals surface area (Å²) in [5, 5.41) is 21.7. The van der Waals surface area contributed by atoms with Gasteiger partial charge in [-0.2, -0.15) is 5.26 Å². The molecule has 0 saturated heterocycles. The number of hydrogen-bond acceptors (Lipinski definition) is 6. The molecule has 3 aromatic rings. The Morgan fingerprint density at radius 2 is 2.00 bits per heavy atom. The van der Waals surface area contributed by atoms with Crippen molar-refractivity contribution >= 4 is 38.9 Å². The van der Waals surface area contributed by atoms with Crippen molar-refractivity contribution in [3.05, 3.63) is 51.4 Å². The minimum Gasteiger partial charge on any atom is -0.438 e. The molecule has 0 aliphatic rings. The molecule has 0 spiro atoms. The quantitative estimate of drug-likeness (QED) is 0.612. The second-order valence-electron chi connectivity index (χ2n) is 6.64. The average molecular weight is 409 g/mol. The van der Waals surface area contributed by atoms with Crippen molar-refractivity contribution in [2.45, 2.75) is 34.1 Å². The summed E-state index contributed by atoms with van der Waals surface area (Å²) in [5.74, 6) is -0.450. The van der Waals surface area contributed by atoms with Gasteiger partial charge in [0.05, 0.1) is 5.56 Å². The number of anilines is 2. The van der Waals surface area contributed by atoms with Crippen LogP contribution in [0.3, 0.4) is 0 Å². The molecule has 0 unspecified atom stereocenters. The van der Waals surface area contributed by atoms with Gasteiger partial charge in [0.15, 0.2) is 0 Å². The summed E-state index contributed by atoms with van der Waals surface area (Å²) in [6, 6.07) is 9.63. The first kappa shape index (κ1) is 20.6. The maximum Gasteiger partial charge on any atom is 0.261 e. The van der Waals surface area contributed by atoms with Crippen LogP contribution in [0.4, 0.5) is 10.7 Å². The maximum atomic E-state index is 12.8. The Bertz CT molecular complexity index is 1170. The normalized spacial score (nSPS) is 10.7. The van der Waals surface area contributed by atoms with E-state index in [0.717, 1.165) is 41.0 Å². The summed E-state index contributed by atoms with van der Waals surface area (Å²) in [6.07, 6.45) is 0.727. The van der Waals surface area contributed by atoms with E-state index in [4.69, 9.17) is 9.83 Å². The van der Waals surface area contributed by atoms with Gasteiger partial charge in [0.2, 0.25) is 5.55 Å². The SMILES string of the molecule is CCc1c(C)sc(NC(=O)c2cc3ccc(N(CC)CC)cc3oc2=N)c1C#N. The molecule has 29 heavy (non-hydrogen) atoms. The Balaban J connectivity index is 1.97. The summed E-state index contributed by atoms with van der Waals surface area (Å²) in [7, 11) is 0. The highest BCUT2D eigenvalue weighted by Gasteiger charge is 2.19. The fraction of sp³-hybridized carbons (Fsp3) is 0.318. The van der Waals surface area contributed by atoms with Crippen molar-refractivity contribution in [2.75, 3.05) is 23.3 Å². The van der Waals surface area contributed by atoms with Gasteiger partial charge in [-0.05, 0) is 51.0 Å². The molecule has 2 aromatic heterocycles. The first-order chi connectivity index (χ1) is 13.9. The molecule has 0 fully saturated rings. The van der Waals surface area contributed by atoms with Crippen LogP contribution in [-0.4, -0.2) is 19.0 Å². The lowest BCUT2D eigenvalue weighted by molar-refractivity contribution is 0.102. The van der Waals surface area contributed by atoms with Crippen LogP contribution < -0.4 is 15.8 Å². The number of benzene rings is 1. The van der Waals surface area contributed by atoms with Gasteiger partial charge < -0.3 is 14.6 Å². The molecule has 2 heterocycles. The Labute approximate surface area is 173 Å². The van der Waals surface area contributed by atoms with Crippen LogP contribution in [0.1, 0.15) is 47.1 Å². The highest BCUT2D eigenvalue weighted by atomic mass is 32.1. The topological polar surface area (TPSA) is 93.1 Å². The zero-order valence-electron chi connectivity index (χ0n) is 17.0. The molecule has 7 heteroatoms. The molecule has 0 saturated carbocycles. The number of carbonyl (C=O) groups is 1. The van der Waals surface area contributed by atoms with Gasteiger partial charge >= 0.3 is 0 Å². The number of nitriles is 1. The van der Waals surface area contributed by atoms with Crippen LogP contribution in [0.15, 0.2) is 28.7 Å². The molecule has 1 amide bonds. The highest BCUT2D eigenvalue weighted by molar-refractivity contribution is 7.16. The highest BCUT2D eigenvalue weighted by Crippen LogP contribution is 2.33. The van der Waals surface area contributed by atoms with E-state index >= 15 is 0 Å². The summed E-state index contributed by atoms with van der Waals surface area (Å²) in [6.45, 7) is 9.83. The number of thiophene rings is 1. The zero-order valence-corrected chi connectivity index (χ0v) is 17.9. The van der Waals surface area contributed by atoms with Gasteiger partial charge in [0.1, 0.15) is 22.2 Å². The minimum atomic E-state index is -0.450. The lowest BCUT2D eigenvalue weighted by Crippen LogP contribution is -2.22. The Morgan fingerprint density at radius 1 is 1.28 bits per heavy atom. The van der Waals surface area contributed by atoms with E-state index < -0.39 is 5.91 Å². The predicted molar refractivity (Wildman–Crippen MR) is 117 cm³/mol. The van der Waals surface area contributed by atoms with E-state index in [2.05, 4.69) is 30.1 Å². The molecule has 0 bridgehead atoms. The van der Waals surface area contributed by atoms with Crippen LogP contribution in [0, 0.1) is 23.7 Å². The van der Waals surface area contributed by atoms with E-state index in [1.165, 1.54) is 11.3 Å². The van der Waals surface area contributed by atoms with Gasteiger partial charge in [-0.15, -0.1) is 11.3 Å². The van der Waals surface area contributed by atoms with Crippen LogP contribution in [0.2, 0.25) is 0 Å². The second-order valence-corrected chi connectivity index (χ2v) is 7.87. The van der Waals surface area contributed by atoms with Crippen molar-refractivity contribution in [2.24, 2.45) is 0 Å². The van der Waals surface area contributed by atoms with Gasteiger partial charge in [0, 0.05) is 35.1 Å². The average Bonchev–Trinajstić information content (AvgIpc) is 3.01. The van der Waals surface area contributed by atoms with Gasteiger partial charge in [-0.1, -0.05) is 6.92 Å². The molecule has 6 nitrogen and oxygen atoms in total. The summed E-state index contributed by atoms with van der Waals surface area (Å²) in [4.78, 5) is 16.0. The van der Waals surface area contributed by atoms with Crippen molar-refractivity contribution < 1.29 is 9.21 Å². The van der Waals surface area contributed by atoms with Crippen LogP contribution >= 0.6 is 11.3 Å². The second kappa shape index (κ2) is 8.50. The van der Waals surface area contributed by atoms with Crippen molar-refractivity contribution in [1.29, 1.82) is 10.7 Å². The first-order valence-electron chi connectivity index (χ1n) is 9.64. The third-order valence-corrected chi connectivity index (χ3v) is 6.09. The van der Waals surface area contributed by atoms with Gasteiger partial charge in [0.25, 0.3) is 5.91 Å². The van der Waals surface area contributed by atoms with Crippen LogP contribution in [-0.2, 0) is 6.42 Å². The monoisotopic (exact) mass is 408 g/mol.